The zero-order valence-corrected chi connectivity index (χ0v) is 12.8. The van der Waals surface area contributed by atoms with Crippen molar-refractivity contribution < 1.29 is 0 Å². The standard InChI is InChI=1S/C12H20N4.HI/c1-3-16(4-2)12(13)15-10-8-11-7-5-6-9-14-11;/h5-7,9H,3-4,8,10H2,1-2H3,(H2,13,15);1H. The van der Waals surface area contributed by atoms with Crippen LogP contribution < -0.4 is 5.73 Å². The van der Waals surface area contributed by atoms with Crippen molar-refractivity contribution in [2.45, 2.75) is 20.3 Å². The molecule has 1 heterocycles. The predicted molar refractivity (Wildman–Crippen MR) is 82.8 cm³/mol. The average molecular weight is 348 g/mol. The van der Waals surface area contributed by atoms with E-state index >= 15 is 0 Å². The van der Waals surface area contributed by atoms with E-state index in [9.17, 15) is 0 Å². The quantitative estimate of drug-likeness (QED) is 0.502. The van der Waals surface area contributed by atoms with Gasteiger partial charge in [-0.1, -0.05) is 6.07 Å². The summed E-state index contributed by atoms with van der Waals surface area (Å²) in [5, 5.41) is 0. The van der Waals surface area contributed by atoms with Crippen molar-refractivity contribution in [1.29, 1.82) is 0 Å². The lowest BCUT2D eigenvalue weighted by Crippen LogP contribution is -2.37. The third-order valence-electron chi connectivity index (χ3n) is 2.46. The van der Waals surface area contributed by atoms with E-state index in [-0.39, 0.29) is 24.0 Å². The Labute approximate surface area is 120 Å². The monoisotopic (exact) mass is 348 g/mol. The van der Waals surface area contributed by atoms with Gasteiger partial charge in [0, 0.05) is 37.9 Å². The van der Waals surface area contributed by atoms with Crippen LogP contribution in [0.15, 0.2) is 29.4 Å². The van der Waals surface area contributed by atoms with Gasteiger partial charge in [0.05, 0.1) is 0 Å². The van der Waals surface area contributed by atoms with Crippen LogP contribution in [-0.4, -0.2) is 35.5 Å². The van der Waals surface area contributed by atoms with Gasteiger partial charge in [-0.3, -0.25) is 9.98 Å². The first-order valence-electron chi connectivity index (χ1n) is 5.72. The molecule has 1 rings (SSSR count). The van der Waals surface area contributed by atoms with Crippen molar-refractivity contribution in [3.8, 4) is 0 Å². The van der Waals surface area contributed by atoms with Gasteiger partial charge in [0.15, 0.2) is 5.96 Å². The maximum Gasteiger partial charge on any atom is 0.191 e. The van der Waals surface area contributed by atoms with Crippen LogP contribution in [0.2, 0.25) is 0 Å². The Balaban J connectivity index is 0.00000256. The molecule has 1 aromatic heterocycles. The Hall–Kier alpha value is -0.850. The second kappa shape index (κ2) is 9.21. The number of hydrogen-bond donors (Lipinski definition) is 1. The molecule has 0 aliphatic heterocycles. The molecule has 0 aromatic carbocycles. The topological polar surface area (TPSA) is 54.5 Å². The molecule has 0 radical (unpaired) electrons. The number of hydrogen-bond acceptors (Lipinski definition) is 2. The number of rotatable bonds is 5. The van der Waals surface area contributed by atoms with Crippen LogP contribution in [0.1, 0.15) is 19.5 Å². The number of nitrogens with two attached hydrogens (primary N) is 1. The number of aromatic nitrogens is 1. The van der Waals surface area contributed by atoms with Gasteiger partial charge in [0.25, 0.3) is 0 Å². The maximum atomic E-state index is 5.86. The largest absolute Gasteiger partial charge is 0.370 e. The molecule has 5 heteroatoms. The Bertz CT molecular complexity index is 323. The van der Waals surface area contributed by atoms with Crippen LogP contribution in [0.25, 0.3) is 0 Å². The van der Waals surface area contributed by atoms with Crippen molar-refractivity contribution in [2.24, 2.45) is 10.7 Å². The number of aliphatic imine (C=N–C) groups is 1. The zero-order chi connectivity index (χ0) is 11.8. The number of halogens is 1. The van der Waals surface area contributed by atoms with E-state index in [1.807, 2.05) is 23.1 Å². The summed E-state index contributed by atoms with van der Waals surface area (Å²) in [5.41, 5.74) is 6.91. The van der Waals surface area contributed by atoms with Crippen molar-refractivity contribution in [3.05, 3.63) is 30.1 Å². The van der Waals surface area contributed by atoms with Gasteiger partial charge in [0.1, 0.15) is 0 Å². The SMILES string of the molecule is CCN(CC)C(N)=NCCc1ccccn1.I. The first kappa shape index (κ1) is 16.1. The summed E-state index contributed by atoms with van der Waals surface area (Å²) in [6, 6.07) is 5.90. The lowest BCUT2D eigenvalue weighted by Gasteiger charge is -2.19. The maximum absolute atomic E-state index is 5.86. The number of nitrogens with zero attached hydrogens (tertiary/aromatic N) is 3. The fourth-order valence-corrected chi connectivity index (χ4v) is 1.48. The van der Waals surface area contributed by atoms with E-state index in [0.29, 0.717) is 12.5 Å². The molecule has 96 valence electrons. The lowest BCUT2D eigenvalue weighted by atomic mass is 10.3. The molecule has 0 atom stereocenters. The highest BCUT2D eigenvalue weighted by Gasteiger charge is 2.01. The summed E-state index contributed by atoms with van der Waals surface area (Å²) < 4.78 is 0. The minimum Gasteiger partial charge on any atom is -0.370 e. The predicted octanol–water partition coefficient (Wildman–Crippen LogP) is 1.90. The molecule has 0 aliphatic carbocycles. The summed E-state index contributed by atoms with van der Waals surface area (Å²) in [6.07, 6.45) is 2.63. The molecule has 17 heavy (non-hydrogen) atoms. The van der Waals surface area contributed by atoms with Crippen LogP contribution >= 0.6 is 24.0 Å². The van der Waals surface area contributed by atoms with E-state index < -0.39 is 0 Å². The lowest BCUT2D eigenvalue weighted by molar-refractivity contribution is 0.458. The summed E-state index contributed by atoms with van der Waals surface area (Å²) in [6.45, 7) is 6.64. The van der Waals surface area contributed by atoms with Crippen molar-refractivity contribution >= 4 is 29.9 Å². The van der Waals surface area contributed by atoms with Gasteiger partial charge in [-0.05, 0) is 26.0 Å². The first-order valence-corrected chi connectivity index (χ1v) is 5.72. The van der Waals surface area contributed by atoms with Crippen molar-refractivity contribution in [1.82, 2.24) is 9.88 Å². The van der Waals surface area contributed by atoms with Crippen LogP contribution in [0.4, 0.5) is 0 Å². The van der Waals surface area contributed by atoms with Crippen LogP contribution in [-0.2, 0) is 6.42 Å². The minimum absolute atomic E-state index is 0. The van der Waals surface area contributed by atoms with Crippen molar-refractivity contribution in [3.63, 3.8) is 0 Å². The molecule has 0 saturated carbocycles. The summed E-state index contributed by atoms with van der Waals surface area (Å²) in [7, 11) is 0. The van der Waals surface area contributed by atoms with Crippen LogP contribution in [0.3, 0.4) is 0 Å². The van der Waals surface area contributed by atoms with Crippen molar-refractivity contribution in [2.75, 3.05) is 19.6 Å². The highest BCUT2D eigenvalue weighted by molar-refractivity contribution is 14.0. The van der Waals surface area contributed by atoms with Crippen LogP contribution in [0.5, 0.6) is 0 Å². The third kappa shape index (κ3) is 5.86. The van der Waals surface area contributed by atoms with Gasteiger partial charge in [-0.15, -0.1) is 24.0 Å². The molecule has 0 aliphatic rings. The van der Waals surface area contributed by atoms with E-state index in [1.54, 1.807) is 6.20 Å². The Morgan fingerprint density at radius 3 is 2.59 bits per heavy atom. The van der Waals surface area contributed by atoms with Gasteiger partial charge in [-0.25, -0.2) is 0 Å². The molecular weight excluding hydrogens is 327 g/mol. The summed E-state index contributed by atoms with van der Waals surface area (Å²) in [4.78, 5) is 10.6. The average Bonchev–Trinajstić information content (AvgIpc) is 2.32. The molecule has 0 fully saturated rings. The third-order valence-corrected chi connectivity index (χ3v) is 2.46. The molecule has 2 N–H and O–H groups in total. The van der Waals surface area contributed by atoms with E-state index in [1.165, 1.54) is 0 Å². The fourth-order valence-electron chi connectivity index (χ4n) is 1.48. The Kier molecular flexibility index (Phi) is 8.75. The Morgan fingerprint density at radius 1 is 1.35 bits per heavy atom. The molecule has 1 aromatic rings. The fraction of sp³-hybridized carbons (Fsp3) is 0.500. The first-order chi connectivity index (χ1) is 7.77. The minimum atomic E-state index is 0. The van der Waals surface area contributed by atoms with E-state index in [0.717, 1.165) is 25.2 Å². The smallest absolute Gasteiger partial charge is 0.191 e. The highest BCUT2D eigenvalue weighted by Crippen LogP contribution is 1.95. The molecule has 4 nitrogen and oxygen atoms in total. The van der Waals surface area contributed by atoms with Crippen LogP contribution in [0, 0.1) is 0 Å². The highest BCUT2D eigenvalue weighted by atomic mass is 127. The van der Waals surface area contributed by atoms with Gasteiger partial charge in [-0.2, -0.15) is 0 Å². The summed E-state index contributed by atoms with van der Waals surface area (Å²) >= 11 is 0. The molecule has 0 spiro atoms. The Morgan fingerprint density at radius 2 is 2.06 bits per heavy atom. The van der Waals surface area contributed by atoms with Gasteiger partial charge in [0.2, 0.25) is 0 Å². The number of pyridine rings is 1. The number of guanidine groups is 1. The molecule has 0 saturated heterocycles. The summed E-state index contributed by atoms with van der Waals surface area (Å²) in [5.74, 6) is 0.626. The molecular formula is C12H21IN4. The second-order valence-corrected chi connectivity index (χ2v) is 3.48. The molecule has 0 unspecified atom stereocenters. The van der Waals surface area contributed by atoms with Gasteiger partial charge >= 0.3 is 0 Å². The van der Waals surface area contributed by atoms with Gasteiger partial charge < -0.3 is 10.6 Å². The molecule has 0 amide bonds. The zero-order valence-electron chi connectivity index (χ0n) is 10.5. The second-order valence-electron chi connectivity index (χ2n) is 3.48. The molecule has 0 bridgehead atoms. The van der Waals surface area contributed by atoms with E-state index in [2.05, 4.69) is 23.8 Å². The normalized spacial score (nSPS) is 10.8. The van der Waals surface area contributed by atoms with E-state index in [4.69, 9.17) is 5.73 Å².